The molecule has 0 atom stereocenters. The zero-order valence-electron chi connectivity index (χ0n) is 11.7. The minimum atomic E-state index is -0.206. The first-order valence-corrected chi connectivity index (χ1v) is 6.85. The van der Waals surface area contributed by atoms with E-state index in [4.69, 9.17) is 5.10 Å². The molecule has 102 valence electrons. The van der Waals surface area contributed by atoms with Gasteiger partial charge in [0.2, 0.25) is 0 Å². The van der Waals surface area contributed by atoms with Crippen LogP contribution in [0.15, 0.2) is 48.5 Å². The number of nitrogens with zero attached hydrogens (tertiary/aromatic N) is 2. The standard InChI is InChI=1S/C17H17FN2/c1-12(2)17-15-8-3-4-9-16(15)20(19-17)11-13-6-5-7-14(18)10-13/h3-10,12H,11H2,1-2H3. The van der Waals surface area contributed by atoms with Gasteiger partial charge in [0.25, 0.3) is 0 Å². The predicted octanol–water partition coefficient (Wildman–Crippen LogP) is 4.35. The number of halogens is 1. The van der Waals surface area contributed by atoms with Crippen molar-refractivity contribution in [2.45, 2.75) is 26.3 Å². The molecule has 0 fully saturated rings. The molecule has 0 saturated heterocycles. The first-order valence-electron chi connectivity index (χ1n) is 6.85. The Morgan fingerprint density at radius 2 is 1.90 bits per heavy atom. The van der Waals surface area contributed by atoms with Gasteiger partial charge >= 0.3 is 0 Å². The van der Waals surface area contributed by atoms with Crippen LogP contribution in [0.25, 0.3) is 10.9 Å². The van der Waals surface area contributed by atoms with Crippen LogP contribution in [-0.4, -0.2) is 9.78 Å². The Hall–Kier alpha value is -2.16. The lowest BCUT2D eigenvalue weighted by Crippen LogP contribution is -2.03. The summed E-state index contributed by atoms with van der Waals surface area (Å²) in [6.45, 7) is 4.87. The van der Waals surface area contributed by atoms with Crippen LogP contribution in [0.2, 0.25) is 0 Å². The minimum Gasteiger partial charge on any atom is -0.260 e. The SMILES string of the molecule is CC(C)c1nn(Cc2cccc(F)c2)c2ccccc12. The third kappa shape index (κ3) is 2.31. The summed E-state index contributed by atoms with van der Waals surface area (Å²) in [4.78, 5) is 0. The number of rotatable bonds is 3. The van der Waals surface area contributed by atoms with Crippen molar-refractivity contribution in [3.63, 3.8) is 0 Å². The monoisotopic (exact) mass is 268 g/mol. The Morgan fingerprint density at radius 3 is 2.65 bits per heavy atom. The van der Waals surface area contributed by atoms with Crippen LogP contribution in [0.4, 0.5) is 4.39 Å². The molecule has 2 aromatic carbocycles. The highest BCUT2D eigenvalue weighted by Crippen LogP contribution is 2.25. The molecule has 3 rings (SSSR count). The van der Waals surface area contributed by atoms with Crippen molar-refractivity contribution in [3.05, 3.63) is 65.6 Å². The molecule has 0 bridgehead atoms. The van der Waals surface area contributed by atoms with Gasteiger partial charge in [-0.05, 0) is 29.7 Å². The maximum absolute atomic E-state index is 13.3. The average molecular weight is 268 g/mol. The Morgan fingerprint density at radius 1 is 1.10 bits per heavy atom. The van der Waals surface area contributed by atoms with E-state index in [1.54, 1.807) is 12.1 Å². The second-order valence-corrected chi connectivity index (χ2v) is 5.34. The van der Waals surface area contributed by atoms with E-state index < -0.39 is 0 Å². The van der Waals surface area contributed by atoms with Gasteiger partial charge in [0.05, 0.1) is 17.8 Å². The van der Waals surface area contributed by atoms with Crippen molar-refractivity contribution in [1.82, 2.24) is 9.78 Å². The lowest BCUT2D eigenvalue weighted by molar-refractivity contribution is 0.619. The van der Waals surface area contributed by atoms with Crippen molar-refractivity contribution in [1.29, 1.82) is 0 Å². The van der Waals surface area contributed by atoms with Crippen LogP contribution < -0.4 is 0 Å². The molecule has 0 unspecified atom stereocenters. The van der Waals surface area contributed by atoms with Crippen LogP contribution in [0.5, 0.6) is 0 Å². The van der Waals surface area contributed by atoms with Gasteiger partial charge in [-0.1, -0.05) is 44.2 Å². The predicted molar refractivity (Wildman–Crippen MR) is 79.3 cm³/mol. The van der Waals surface area contributed by atoms with E-state index in [1.807, 2.05) is 22.9 Å². The first kappa shape index (κ1) is 12.9. The van der Waals surface area contributed by atoms with Crippen LogP contribution in [0, 0.1) is 5.82 Å². The molecular weight excluding hydrogens is 251 g/mol. The highest BCUT2D eigenvalue weighted by atomic mass is 19.1. The molecule has 3 aromatic rings. The number of para-hydroxylation sites is 1. The molecule has 3 heteroatoms. The van der Waals surface area contributed by atoms with Gasteiger partial charge < -0.3 is 0 Å². The summed E-state index contributed by atoms with van der Waals surface area (Å²) < 4.78 is 15.2. The molecule has 1 heterocycles. The van der Waals surface area contributed by atoms with E-state index >= 15 is 0 Å². The highest BCUT2D eigenvalue weighted by molar-refractivity contribution is 5.82. The van der Waals surface area contributed by atoms with Gasteiger partial charge in [-0.2, -0.15) is 5.10 Å². The van der Waals surface area contributed by atoms with Gasteiger partial charge in [0.15, 0.2) is 0 Å². The third-order valence-electron chi connectivity index (χ3n) is 3.45. The number of hydrogen-bond donors (Lipinski definition) is 0. The highest BCUT2D eigenvalue weighted by Gasteiger charge is 2.12. The summed E-state index contributed by atoms with van der Waals surface area (Å²) in [6.07, 6.45) is 0. The van der Waals surface area contributed by atoms with Gasteiger partial charge in [-0.15, -0.1) is 0 Å². The zero-order chi connectivity index (χ0) is 14.1. The molecule has 0 saturated carbocycles. The molecule has 0 N–H and O–H groups in total. The second-order valence-electron chi connectivity index (χ2n) is 5.34. The summed E-state index contributed by atoms with van der Waals surface area (Å²) in [5, 5.41) is 5.89. The number of benzene rings is 2. The van der Waals surface area contributed by atoms with E-state index in [9.17, 15) is 4.39 Å². The molecule has 2 nitrogen and oxygen atoms in total. The molecular formula is C17H17FN2. The molecule has 0 spiro atoms. The zero-order valence-corrected chi connectivity index (χ0v) is 11.7. The van der Waals surface area contributed by atoms with Gasteiger partial charge in [0, 0.05) is 5.39 Å². The van der Waals surface area contributed by atoms with E-state index in [1.165, 1.54) is 11.5 Å². The van der Waals surface area contributed by atoms with Crippen molar-refractivity contribution < 1.29 is 4.39 Å². The topological polar surface area (TPSA) is 17.8 Å². The van der Waals surface area contributed by atoms with E-state index in [0.717, 1.165) is 16.8 Å². The molecule has 0 radical (unpaired) electrons. The maximum atomic E-state index is 13.3. The fourth-order valence-corrected chi connectivity index (χ4v) is 2.51. The molecule has 0 aliphatic carbocycles. The summed E-state index contributed by atoms with van der Waals surface area (Å²) in [7, 11) is 0. The van der Waals surface area contributed by atoms with Crippen molar-refractivity contribution >= 4 is 10.9 Å². The molecule has 0 aliphatic rings. The van der Waals surface area contributed by atoms with Crippen LogP contribution in [-0.2, 0) is 6.54 Å². The quantitative estimate of drug-likeness (QED) is 0.690. The number of aromatic nitrogens is 2. The Kier molecular flexibility index (Phi) is 3.26. The number of hydrogen-bond acceptors (Lipinski definition) is 1. The minimum absolute atomic E-state index is 0.206. The van der Waals surface area contributed by atoms with E-state index in [2.05, 4.69) is 26.0 Å². The fraction of sp³-hybridized carbons (Fsp3) is 0.235. The molecule has 1 aromatic heterocycles. The normalized spacial score (nSPS) is 11.4. The van der Waals surface area contributed by atoms with Crippen LogP contribution in [0.1, 0.15) is 31.0 Å². The molecule has 20 heavy (non-hydrogen) atoms. The Balaban J connectivity index is 2.08. The van der Waals surface area contributed by atoms with Crippen molar-refractivity contribution in [2.24, 2.45) is 0 Å². The number of fused-ring (bicyclic) bond motifs is 1. The molecule has 0 amide bonds. The smallest absolute Gasteiger partial charge is 0.123 e. The third-order valence-corrected chi connectivity index (χ3v) is 3.45. The lowest BCUT2D eigenvalue weighted by atomic mass is 10.1. The van der Waals surface area contributed by atoms with E-state index in [0.29, 0.717) is 12.5 Å². The van der Waals surface area contributed by atoms with Gasteiger partial charge in [-0.25, -0.2) is 4.39 Å². The van der Waals surface area contributed by atoms with Crippen molar-refractivity contribution in [2.75, 3.05) is 0 Å². The van der Waals surface area contributed by atoms with Crippen LogP contribution >= 0.6 is 0 Å². The molecule has 0 aliphatic heterocycles. The van der Waals surface area contributed by atoms with Crippen LogP contribution in [0.3, 0.4) is 0 Å². The van der Waals surface area contributed by atoms with Gasteiger partial charge in [-0.3, -0.25) is 4.68 Å². The first-order chi connectivity index (χ1) is 9.65. The summed E-state index contributed by atoms with van der Waals surface area (Å²) in [5.41, 5.74) is 3.12. The summed E-state index contributed by atoms with van der Waals surface area (Å²) in [5.74, 6) is 0.164. The van der Waals surface area contributed by atoms with Gasteiger partial charge in [0.1, 0.15) is 5.82 Å². The Bertz CT molecular complexity index is 744. The maximum Gasteiger partial charge on any atom is 0.123 e. The fourth-order valence-electron chi connectivity index (χ4n) is 2.51. The lowest BCUT2D eigenvalue weighted by Gasteiger charge is -2.04. The summed E-state index contributed by atoms with van der Waals surface area (Å²) in [6, 6.07) is 14.9. The second kappa shape index (κ2) is 5.08. The average Bonchev–Trinajstić information content (AvgIpc) is 2.78. The largest absolute Gasteiger partial charge is 0.260 e. The van der Waals surface area contributed by atoms with E-state index in [-0.39, 0.29) is 5.82 Å². The summed E-state index contributed by atoms with van der Waals surface area (Å²) >= 11 is 0. The van der Waals surface area contributed by atoms with Crippen molar-refractivity contribution in [3.8, 4) is 0 Å². The Labute approximate surface area is 117 Å².